The molecule has 0 radical (unpaired) electrons. The van der Waals surface area contributed by atoms with E-state index >= 15 is 0 Å². The van der Waals surface area contributed by atoms with Crippen LogP contribution < -0.4 is 4.74 Å². The third-order valence-electron chi connectivity index (χ3n) is 5.75. The maximum Gasteiger partial charge on any atom is 0.227 e. The Morgan fingerprint density at radius 3 is 2.77 bits per heavy atom. The first kappa shape index (κ1) is 21.9. The van der Waals surface area contributed by atoms with Crippen molar-refractivity contribution >= 4 is 11.8 Å². The highest BCUT2D eigenvalue weighted by Crippen LogP contribution is 2.25. The van der Waals surface area contributed by atoms with E-state index in [-0.39, 0.29) is 17.7 Å². The Morgan fingerprint density at radius 2 is 2.07 bits per heavy atom. The van der Waals surface area contributed by atoms with Gasteiger partial charge < -0.3 is 14.5 Å². The molecule has 1 aromatic heterocycles. The summed E-state index contributed by atoms with van der Waals surface area (Å²) in [4.78, 5) is 29.0. The second-order valence-electron chi connectivity index (χ2n) is 8.09. The first-order valence-corrected chi connectivity index (χ1v) is 10.5. The molecule has 1 atom stereocenters. The molecule has 1 saturated heterocycles. The molecule has 0 aliphatic carbocycles. The molecule has 2 heterocycles. The Bertz CT molecular complexity index is 892. The van der Waals surface area contributed by atoms with E-state index in [1.807, 2.05) is 49.8 Å². The van der Waals surface area contributed by atoms with Crippen LogP contribution in [0, 0.1) is 19.8 Å². The quantitative estimate of drug-likeness (QED) is 0.669. The van der Waals surface area contributed by atoms with Gasteiger partial charge in [-0.1, -0.05) is 18.2 Å². The molecular weight excluding hydrogens is 380 g/mol. The average molecular weight is 413 g/mol. The van der Waals surface area contributed by atoms with E-state index in [2.05, 4.69) is 11.2 Å². The highest BCUT2D eigenvalue weighted by molar-refractivity contribution is 5.83. The van der Waals surface area contributed by atoms with E-state index in [9.17, 15) is 9.59 Å². The summed E-state index contributed by atoms with van der Waals surface area (Å²) >= 11 is 0. The molecule has 7 nitrogen and oxygen atoms in total. The van der Waals surface area contributed by atoms with E-state index in [1.54, 1.807) is 16.9 Å². The van der Waals surface area contributed by atoms with Gasteiger partial charge in [0.15, 0.2) is 0 Å². The molecular formula is C23H32N4O3. The maximum atomic E-state index is 13.0. The number of hydrogen-bond donors (Lipinski definition) is 0. The normalized spacial score (nSPS) is 16.6. The van der Waals surface area contributed by atoms with Gasteiger partial charge in [0.05, 0.1) is 18.7 Å². The van der Waals surface area contributed by atoms with Crippen LogP contribution >= 0.6 is 0 Å². The Hall–Kier alpha value is -2.83. The molecule has 2 aromatic rings. The van der Waals surface area contributed by atoms with Gasteiger partial charge in [0.25, 0.3) is 0 Å². The lowest BCUT2D eigenvalue weighted by Gasteiger charge is -2.34. The van der Waals surface area contributed by atoms with Crippen molar-refractivity contribution in [2.45, 2.75) is 46.2 Å². The van der Waals surface area contributed by atoms with Crippen molar-refractivity contribution in [2.24, 2.45) is 5.92 Å². The van der Waals surface area contributed by atoms with Crippen LogP contribution in [0.1, 0.15) is 36.2 Å². The van der Waals surface area contributed by atoms with Crippen LogP contribution in [0.25, 0.3) is 0 Å². The number of hydrogen-bond acceptors (Lipinski definition) is 4. The van der Waals surface area contributed by atoms with Crippen molar-refractivity contribution in [1.29, 1.82) is 0 Å². The van der Waals surface area contributed by atoms with Crippen LogP contribution in [0.3, 0.4) is 0 Å². The molecule has 7 heteroatoms. The van der Waals surface area contributed by atoms with Crippen LogP contribution in [0.5, 0.6) is 5.75 Å². The Balaban J connectivity index is 1.54. The van der Waals surface area contributed by atoms with Crippen molar-refractivity contribution in [1.82, 2.24) is 19.6 Å². The van der Waals surface area contributed by atoms with E-state index in [0.29, 0.717) is 32.5 Å². The lowest BCUT2D eigenvalue weighted by Crippen LogP contribution is -2.46. The molecule has 3 rings (SSSR count). The number of aryl methyl sites for hydroxylation is 3. The molecule has 2 amide bonds. The van der Waals surface area contributed by atoms with Gasteiger partial charge in [-0.15, -0.1) is 0 Å². The summed E-state index contributed by atoms with van der Waals surface area (Å²) < 4.78 is 7.39. The number of para-hydroxylation sites is 1. The van der Waals surface area contributed by atoms with Gasteiger partial charge in [0.1, 0.15) is 5.75 Å². The zero-order valence-electron chi connectivity index (χ0n) is 18.4. The molecule has 0 bridgehead atoms. The highest BCUT2D eigenvalue weighted by atomic mass is 16.5. The molecule has 162 valence electrons. The van der Waals surface area contributed by atoms with Crippen LogP contribution in [-0.4, -0.2) is 58.6 Å². The Morgan fingerprint density at radius 1 is 1.30 bits per heavy atom. The summed E-state index contributed by atoms with van der Waals surface area (Å²) in [5.41, 5.74) is 3.11. The predicted molar refractivity (Wildman–Crippen MR) is 115 cm³/mol. The zero-order valence-corrected chi connectivity index (χ0v) is 18.4. The minimum absolute atomic E-state index is 0.0946. The Kier molecular flexibility index (Phi) is 7.13. The van der Waals surface area contributed by atoms with Gasteiger partial charge in [-0.2, -0.15) is 5.10 Å². The second-order valence-corrected chi connectivity index (χ2v) is 8.09. The number of amides is 2. The predicted octanol–water partition coefficient (Wildman–Crippen LogP) is 2.80. The molecule has 1 aliphatic heterocycles. The van der Waals surface area contributed by atoms with Gasteiger partial charge in [-0.05, 0) is 38.8 Å². The number of ether oxygens (including phenoxy) is 1. The fourth-order valence-corrected chi connectivity index (χ4v) is 4.09. The highest BCUT2D eigenvalue weighted by Gasteiger charge is 2.32. The van der Waals surface area contributed by atoms with E-state index < -0.39 is 0 Å². The number of benzene rings is 1. The van der Waals surface area contributed by atoms with Gasteiger partial charge in [0, 0.05) is 50.9 Å². The molecule has 1 aliphatic rings. The minimum Gasteiger partial charge on any atom is -0.496 e. The average Bonchev–Trinajstić information content (AvgIpc) is 3.06. The summed E-state index contributed by atoms with van der Waals surface area (Å²) in [6.45, 7) is 6.42. The lowest BCUT2D eigenvalue weighted by molar-refractivity contribution is -0.142. The topological polar surface area (TPSA) is 67.7 Å². The molecule has 0 unspecified atom stereocenters. The van der Waals surface area contributed by atoms with E-state index in [1.165, 1.54) is 0 Å². The number of likely N-dealkylation sites (tertiary alicyclic amines) is 1. The number of methoxy groups -OCH3 is 1. The van der Waals surface area contributed by atoms with Gasteiger partial charge >= 0.3 is 0 Å². The minimum atomic E-state index is -0.156. The van der Waals surface area contributed by atoms with Gasteiger partial charge in [0.2, 0.25) is 11.8 Å². The largest absolute Gasteiger partial charge is 0.496 e. The van der Waals surface area contributed by atoms with Crippen LogP contribution in [-0.2, 0) is 22.7 Å². The summed E-state index contributed by atoms with van der Waals surface area (Å²) in [7, 11) is 3.48. The van der Waals surface area contributed by atoms with Crippen molar-refractivity contribution in [3.05, 3.63) is 47.3 Å². The Labute approximate surface area is 178 Å². The molecule has 0 spiro atoms. The van der Waals surface area contributed by atoms with E-state index in [0.717, 1.165) is 35.7 Å². The molecule has 1 aromatic carbocycles. The number of carbonyl (C=O) groups excluding carboxylic acids is 2. The number of nitrogens with zero attached hydrogens (tertiary/aromatic N) is 4. The zero-order chi connectivity index (χ0) is 21.7. The third kappa shape index (κ3) is 5.20. The standard InChI is InChI=1S/C23H32N4O3/c1-17-14-18(2)27(24-17)13-7-12-25(3)23(29)20-10-11-22(28)26(16-20)15-19-8-5-6-9-21(19)30-4/h5-6,8-9,14,20H,7,10-13,15-16H2,1-4H3/t20-/m1/s1. The number of rotatable bonds is 8. The summed E-state index contributed by atoms with van der Waals surface area (Å²) in [5.74, 6) is 0.814. The third-order valence-corrected chi connectivity index (χ3v) is 5.75. The van der Waals surface area contributed by atoms with Crippen LogP contribution in [0.2, 0.25) is 0 Å². The van der Waals surface area contributed by atoms with Crippen molar-refractivity contribution in [3.63, 3.8) is 0 Å². The SMILES string of the molecule is COc1ccccc1CN1C[C@H](C(=O)N(C)CCCn2nc(C)cc2C)CCC1=O. The van der Waals surface area contributed by atoms with Crippen LogP contribution in [0.4, 0.5) is 0 Å². The number of piperidine rings is 1. The summed E-state index contributed by atoms with van der Waals surface area (Å²) in [6, 6.07) is 9.76. The molecule has 0 N–H and O–H groups in total. The second kappa shape index (κ2) is 9.78. The van der Waals surface area contributed by atoms with Gasteiger partial charge in [-0.25, -0.2) is 0 Å². The van der Waals surface area contributed by atoms with Crippen LogP contribution in [0.15, 0.2) is 30.3 Å². The maximum absolute atomic E-state index is 13.0. The summed E-state index contributed by atoms with van der Waals surface area (Å²) in [6.07, 6.45) is 1.87. The number of aromatic nitrogens is 2. The smallest absolute Gasteiger partial charge is 0.227 e. The molecule has 1 fully saturated rings. The monoisotopic (exact) mass is 412 g/mol. The van der Waals surface area contributed by atoms with Gasteiger partial charge in [-0.3, -0.25) is 14.3 Å². The lowest BCUT2D eigenvalue weighted by atomic mass is 9.95. The van der Waals surface area contributed by atoms with Crippen molar-refractivity contribution < 1.29 is 14.3 Å². The summed E-state index contributed by atoms with van der Waals surface area (Å²) in [5, 5.41) is 4.47. The fraction of sp³-hybridized carbons (Fsp3) is 0.522. The first-order chi connectivity index (χ1) is 14.4. The van der Waals surface area contributed by atoms with Crippen molar-refractivity contribution in [2.75, 3.05) is 27.2 Å². The fourth-order valence-electron chi connectivity index (χ4n) is 4.09. The molecule has 30 heavy (non-hydrogen) atoms. The van der Waals surface area contributed by atoms with E-state index in [4.69, 9.17) is 4.74 Å². The first-order valence-electron chi connectivity index (χ1n) is 10.5. The number of carbonyl (C=O) groups is 2. The molecule has 0 saturated carbocycles. The van der Waals surface area contributed by atoms with Crippen molar-refractivity contribution in [3.8, 4) is 5.75 Å².